The highest BCUT2D eigenvalue weighted by molar-refractivity contribution is 5.83. The molecule has 0 aliphatic rings. The molecule has 6 heteroatoms. The molecule has 6 aromatic rings. The van der Waals surface area contributed by atoms with Crippen LogP contribution in [0.3, 0.4) is 0 Å². The van der Waals surface area contributed by atoms with Crippen molar-refractivity contribution in [1.82, 2.24) is 0 Å². The first-order valence-electron chi connectivity index (χ1n) is 15.1. The third kappa shape index (κ3) is 6.97. The van der Waals surface area contributed by atoms with Crippen LogP contribution in [-0.4, -0.2) is 25.1 Å². The standard InChI is InChI=1S/C41H30N2O4/c44-26-32-5-17-38(18-6-32)42(39-19-7-33(27-45)8-20-39)36-13-1-30(2-14-36)25-31-3-15-37(16-4-31)43(40-21-9-34(28-46)10-22-40)41-23-11-35(29-47)12-24-41/h1-24,26-29H,25H2. The van der Waals surface area contributed by atoms with Gasteiger partial charge in [0.15, 0.2) is 0 Å². The van der Waals surface area contributed by atoms with E-state index in [1.165, 1.54) is 0 Å². The first-order valence-corrected chi connectivity index (χ1v) is 15.1. The molecule has 0 atom stereocenters. The predicted octanol–water partition coefficient (Wildman–Crippen LogP) is 9.47. The quantitative estimate of drug-likeness (QED) is 0.128. The second kappa shape index (κ2) is 14.1. The van der Waals surface area contributed by atoms with Crippen molar-refractivity contribution in [1.29, 1.82) is 0 Å². The average molecular weight is 615 g/mol. The smallest absolute Gasteiger partial charge is 0.150 e. The number of benzene rings is 6. The zero-order valence-corrected chi connectivity index (χ0v) is 25.4. The third-order valence-electron chi connectivity index (χ3n) is 7.95. The summed E-state index contributed by atoms with van der Waals surface area (Å²) >= 11 is 0. The highest BCUT2D eigenvalue weighted by atomic mass is 16.1. The SMILES string of the molecule is O=Cc1ccc(N(c2ccc(C=O)cc2)c2ccc(Cc3ccc(N(c4ccc(C=O)cc4)c4ccc(C=O)cc4)cc3)cc2)cc1. The van der Waals surface area contributed by atoms with Gasteiger partial charge in [-0.1, -0.05) is 24.3 Å². The first-order chi connectivity index (χ1) is 23.1. The summed E-state index contributed by atoms with van der Waals surface area (Å²) in [5, 5.41) is 0. The maximum Gasteiger partial charge on any atom is 0.150 e. The zero-order chi connectivity index (χ0) is 32.6. The highest BCUT2D eigenvalue weighted by Crippen LogP contribution is 2.36. The molecule has 6 nitrogen and oxygen atoms in total. The van der Waals surface area contributed by atoms with Crippen LogP contribution in [0.2, 0.25) is 0 Å². The fraction of sp³-hybridized carbons (Fsp3) is 0.0244. The monoisotopic (exact) mass is 614 g/mol. The van der Waals surface area contributed by atoms with Crippen molar-refractivity contribution in [3.8, 4) is 0 Å². The van der Waals surface area contributed by atoms with Crippen molar-refractivity contribution in [2.75, 3.05) is 9.80 Å². The molecule has 0 aliphatic heterocycles. The second-order valence-corrected chi connectivity index (χ2v) is 11.0. The molecule has 0 heterocycles. The van der Waals surface area contributed by atoms with Gasteiger partial charge in [-0.25, -0.2) is 0 Å². The lowest BCUT2D eigenvalue weighted by molar-refractivity contribution is 0.111. The molecular weight excluding hydrogens is 584 g/mol. The Hall–Kier alpha value is -6.40. The minimum Gasteiger partial charge on any atom is -0.311 e. The Balaban J connectivity index is 1.25. The predicted molar refractivity (Wildman–Crippen MR) is 187 cm³/mol. The van der Waals surface area contributed by atoms with E-state index in [-0.39, 0.29) is 0 Å². The lowest BCUT2D eigenvalue weighted by Gasteiger charge is -2.26. The molecule has 228 valence electrons. The van der Waals surface area contributed by atoms with E-state index < -0.39 is 0 Å². The molecule has 0 radical (unpaired) electrons. The normalized spacial score (nSPS) is 10.6. The van der Waals surface area contributed by atoms with Crippen molar-refractivity contribution in [3.63, 3.8) is 0 Å². The van der Waals surface area contributed by atoms with E-state index >= 15 is 0 Å². The van der Waals surface area contributed by atoms with Gasteiger partial charge >= 0.3 is 0 Å². The summed E-state index contributed by atoms with van der Waals surface area (Å²) in [6.45, 7) is 0. The van der Waals surface area contributed by atoms with Gasteiger partial charge < -0.3 is 9.80 Å². The lowest BCUT2D eigenvalue weighted by Crippen LogP contribution is -2.10. The van der Waals surface area contributed by atoms with E-state index in [0.29, 0.717) is 22.3 Å². The Labute approximate surface area is 273 Å². The Morgan fingerprint density at radius 3 is 0.681 bits per heavy atom. The molecule has 0 spiro atoms. The first kappa shape index (κ1) is 30.6. The topological polar surface area (TPSA) is 74.8 Å². The molecule has 0 unspecified atom stereocenters. The van der Waals surface area contributed by atoms with Crippen LogP contribution >= 0.6 is 0 Å². The van der Waals surface area contributed by atoms with E-state index in [4.69, 9.17) is 0 Å². The molecular formula is C41H30N2O4. The van der Waals surface area contributed by atoms with Crippen LogP contribution in [0.5, 0.6) is 0 Å². The molecule has 0 saturated heterocycles. The molecule has 0 aromatic heterocycles. The summed E-state index contributed by atoms with van der Waals surface area (Å²) in [5.74, 6) is 0. The van der Waals surface area contributed by atoms with E-state index in [1.54, 1.807) is 48.5 Å². The van der Waals surface area contributed by atoms with Crippen molar-refractivity contribution >= 4 is 59.3 Å². The Kier molecular flexibility index (Phi) is 9.21. The fourth-order valence-corrected chi connectivity index (χ4v) is 5.46. The molecule has 0 N–H and O–H groups in total. The third-order valence-corrected chi connectivity index (χ3v) is 7.95. The highest BCUT2D eigenvalue weighted by Gasteiger charge is 2.15. The largest absolute Gasteiger partial charge is 0.311 e. The Morgan fingerprint density at radius 2 is 0.489 bits per heavy atom. The van der Waals surface area contributed by atoms with E-state index in [2.05, 4.69) is 58.3 Å². The van der Waals surface area contributed by atoms with Crippen LogP contribution in [0.15, 0.2) is 146 Å². The van der Waals surface area contributed by atoms with Crippen LogP contribution in [0.4, 0.5) is 34.1 Å². The summed E-state index contributed by atoms with van der Waals surface area (Å²) < 4.78 is 0. The fourth-order valence-electron chi connectivity index (χ4n) is 5.46. The van der Waals surface area contributed by atoms with Gasteiger partial charge in [-0.2, -0.15) is 0 Å². The molecule has 6 rings (SSSR count). The summed E-state index contributed by atoms with van der Waals surface area (Å²) in [4.78, 5) is 49.1. The maximum absolute atomic E-state index is 11.2. The number of rotatable bonds is 12. The second-order valence-electron chi connectivity index (χ2n) is 11.0. The van der Waals surface area contributed by atoms with Gasteiger partial charge in [0.1, 0.15) is 25.1 Å². The zero-order valence-electron chi connectivity index (χ0n) is 25.4. The molecule has 0 aliphatic carbocycles. The number of carbonyl (C=O) groups excluding carboxylic acids is 4. The van der Waals surface area contributed by atoms with E-state index in [0.717, 1.165) is 76.8 Å². The van der Waals surface area contributed by atoms with Crippen LogP contribution in [0.25, 0.3) is 0 Å². The maximum atomic E-state index is 11.2. The van der Waals surface area contributed by atoms with Gasteiger partial charge in [-0.3, -0.25) is 19.2 Å². The number of carbonyl (C=O) groups is 4. The average Bonchev–Trinajstić information content (AvgIpc) is 3.14. The van der Waals surface area contributed by atoms with Gasteiger partial charge in [0.25, 0.3) is 0 Å². The van der Waals surface area contributed by atoms with E-state index in [1.807, 2.05) is 48.5 Å². The molecule has 6 aromatic carbocycles. The summed E-state index contributed by atoms with van der Waals surface area (Å²) in [6.07, 6.45) is 4.02. The van der Waals surface area contributed by atoms with Crippen molar-refractivity contribution < 1.29 is 19.2 Å². The number of aldehydes is 4. The van der Waals surface area contributed by atoms with Gasteiger partial charge in [0, 0.05) is 56.4 Å². The molecule has 0 saturated carbocycles. The van der Waals surface area contributed by atoms with Crippen molar-refractivity contribution in [2.45, 2.75) is 6.42 Å². The van der Waals surface area contributed by atoms with Gasteiger partial charge in [0.2, 0.25) is 0 Å². The summed E-state index contributed by atoms with van der Waals surface area (Å²) in [7, 11) is 0. The van der Waals surface area contributed by atoms with Crippen LogP contribution in [0, 0.1) is 0 Å². The van der Waals surface area contributed by atoms with Crippen LogP contribution in [-0.2, 0) is 6.42 Å². The summed E-state index contributed by atoms with van der Waals surface area (Å²) in [6, 6.07) is 46.2. The Bertz CT molecular complexity index is 1730. The van der Waals surface area contributed by atoms with Crippen molar-refractivity contribution in [3.05, 3.63) is 179 Å². The number of nitrogens with zero attached hydrogens (tertiary/aromatic N) is 2. The lowest BCUT2D eigenvalue weighted by atomic mass is 10.0. The van der Waals surface area contributed by atoms with Gasteiger partial charge in [0.05, 0.1) is 0 Å². The van der Waals surface area contributed by atoms with E-state index in [9.17, 15) is 19.2 Å². The van der Waals surface area contributed by atoms with Crippen molar-refractivity contribution in [2.24, 2.45) is 0 Å². The number of hydrogen-bond acceptors (Lipinski definition) is 6. The van der Waals surface area contributed by atoms with Crippen LogP contribution in [0.1, 0.15) is 52.6 Å². The molecule has 47 heavy (non-hydrogen) atoms. The molecule has 0 fully saturated rings. The minimum absolute atomic E-state index is 0.598. The minimum atomic E-state index is 0.598. The summed E-state index contributed by atoms with van der Waals surface area (Å²) in [5.41, 5.74) is 10.1. The van der Waals surface area contributed by atoms with Gasteiger partial charge in [-0.15, -0.1) is 0 Å². The number of hydrogen-bond donors (Lipinski definition) is 0. The van der Waals surface area contributed by atoms with Crippen LogP contribution < -0.4 is 9.80 Å². The molecule has 0 amide bonds. The Morgan fingerprint density at radius 1 is 0.298 bits per heavy atom. The molecule has 0 bridgehead atoms. The van der Waals surface area contributed by atoms with Gasteiger partial charge in [-0.05, 0) is 139 Å². The number of anilines is 6.